The summed E-state index contributed by atoms with van der Waals surface area (Å²) in [4.78, 5) is 11.7. The van der Waals surface area contributed by atoms with E-state index in [1.807, 2.05) is 6.07 Å². The molecule has 0 unspecified atom stereocenters. The summed E-state index contributed by atoms with van der Waals surface area (Å²) in [6, 6.07) is 12.9. The van der Waals surface area contributed by atoms with Gasteiger partial charge in [-0.2, -0.15) is 4.98 Å². The number of aromatic amines is 1. The molecule has 3 aromatic rings. The monoisotopic (exact) mass is 339 g/mol. The molecular weight excluding hydrogens is 318 g/mol. The average molecular weight is 339 g/mol. The van der Waals surface area contributed by atoms with Crippen LogP contribution in [0.15, 0.2) is 41.3 Å². The van der Waals surface area contributed by atoms with Crippen molar-refractivity contribution in [1.82, 2.24) is 9.97 Å². The van der Waals surface area contributed by atoms with E-state index < -0.39 is 0 Å². The lowest BCUT2D eigenvalue weighted by Gasteiger charge is -2.21. The fourth-order valence-corrected chi connectivity index (χ4v) is 3.78. The number of hydrogen-bond acceptors (Lipinski definition) is 4. The quantitative estimate of drug-likeness (QED) is 0.708. The van der Waals surface area contributed by atoms with Crippen molar-refractivity contribution in [2.45, 2.75) is 17.7 Å². The maximum Gasteiger partial charge on any atom is 0.214 e. The average Bonchev–Trinajstić information content (AvgIpc) is 3.29. The van der Waals surface area contributed by atoms with E-state index in [4.69, 9.17) is 4.74 Å². The SMILES string of the molecule is COc1ccc2cc(-c3cc(SC)ccc3N3CCCC3)[nH]c2n1. The minimum atomic E-state index is 0.633. The number of pyridine rings is 1. The van der Waals surface area contributed by atoms with E-state index in [0.717, 1.165) is 29.8 Å². The number of nitrogens with one attached hydrogen (secondary N) is 1. The molecule has 0 saturated carbocycles. The minimum Gasteiger partial charge on any atom is -0.481 e. The van der Waals surface area contributed by atoms with Crippen LogP contribution in [0.3, 0.4) is 0 Å². The van der Waals surface area contributed by atoms with Crippen molar-refractivity contribution in [3.05, 3.63) is 36.4 Å². The lowest BCUT2D eigenvalue weighted by Crippen LogP contribution is -2.18. The molecule has 1 aliphatic heterocycles. The summed E-state index contributed by atoms with van der Waals surface area (Å²) in [5, 5.41) is 1.10. The lowest BCUT2D eigenvalue weighted by atomic mass is 10.1. The minimum absolute atomic E-state index is 0.633. The Labute approximate surface area is 146 Å². The third kappa shape index (κ3) is 2.73. The summed E-state index contributed by atoms with van der Waals surface area (Å²) in [5.41, 5.74) is 4.54. The highest BCUT2D eigenvalue weighted by atomic mass is 32.2. The molecule has 2 aromatic heterocycles. The van der Waals surface area contributed by atoms with Crippen LogP contribution in [0.5, 0.6) is 5.88 Å². The van der Waals surface area contributed by atoms with Gasteiger partial charge in [-0.3, -0.25) is 0 Å². The number of rotatable bonds is 4. The van der Waals surface area contributed by atoms with E-state index in [1.54, 1.807) is 18.9 Å². The topological polar surface area (TPSA) is 41.1 Å². The molecule has 3 heterocycles. The predicted octanol–water partition coefficient (Wildman–Crippen LogP) is 4.56. The molecule has 124 valence electrons. The third-order valence-corrected chi connectivity index (χ3v) is 5.33. The zero-order chi connectivity index (χ0) is 16.5. The van der Waals surface area contributed by atoms with Gasteiger partial charge in [0.25, 0.3) is 0 Å². The van der Waals surface area contributed by atoms with Gasteiger partial charge in [0.05, 0.1) is 7.11 Å². The van der Waals surface area contributed by atoms with Crippen LogP contribution in [0.4, 0.5) is 5.69 Å². The first-order valence-electron chi connectivity index (χ1n) is 8.25. The largest absolute Gasteiger partial charge is 0.481 e. The van der Waals surface area contributed by atoms with Crippen molar-refractivity contribution in [2.24, 2.45) is 0 Å². The van der Waals surface area contributed by atoms with Crippen LogP contribution in [0, 0.1) is 0 Å². The summed E-state index contributed by atoms with van der Waals surface area (Å²) in [6.45, 7) is 2.27. The Morgan fingerprint density at radius 2 is 1.96 bits per heavy atom. The first kappa shape index (κ1) is 15.4. The lowest BCUT2D eigenvalue weighted by molar-refractivity contribution is 0.399. The van der Waals surface area contributed by atoms with Gasteiger partial charge < -0.3 is 14.6 Å². The highest BCUT2D eigenvalue weighted by Crippen LogP contribution is 2.36. The van der Waals surface area contributed by atoms with Gasteiger partial charge in [0.1, 0.15) is 5.65 Å². The normalized spacial score (nSPS) is 14.5. The molecule has 1 N–H and O–H groups in total. The second-order valence-electron chi connectivity index (χ2n) is 6.05. The van der Waals surface area contributed by atoms with Gasteiger partial charge in [-0.15, -0.1) is 11.8 Å². The van der Waals surface area contributed by atoms with E-state index in [1.165, 1.54) is 29.0 Å². The van der Waals surface area contributed by atoms with Crippen LogP contribution in [-0.4, -0.2) is 36.4 Å². The summed E-state index contributed by atoms with van der Waals surface area (Å²) in [6.07, 6.45) is 4.66. The molecule has 0 radical (unpaired) electrons. The number of thioether (sulfide) groups is 1. The summed E-state index contributed by atoms with van der Waals surface area (Å²) in [5.74, 6) is 0.633. The van der Waals surface area contributed by atoms with Crippen molar-refractivity contribution in [3.63, 3.8) is 0 Å². The molecule has 4 rings (SSSR count). The zero-order valence-electron chi connectivity index (χ0n) is 14.0. The Hall–Kier alpha value is -2.14. The Morgan fingerprint density at radius 1 is 1.12 bits per heavy atom. The van der Waals surface area contributed by atoms with Gasteiger partial charge in [0.2, 0.25) is 5.88 Å². The summed E-state index contributed by atoms with van der Waals surface area (Å²) < 4.78 is 5.24. The van der Waals surface area contributed by atoms with Crippen LogP contribution in [0.25, 0.3) is 22.3 Å². The van der Waals surface area contributed by atoms with E-state index in [-0.39, 0.29) is 0 Å². The molecule has 0 aliphatic carbocycles. The number of ether oxygens (including phenoxy) is 1. The Morgan fingerprint density at radius 3 is 2.71 bits per heavy atom. The van der Waals surface area contributed by atoms with Crippen molar-refractivity contribution >= 4 is 28.5 Å². The molecule has 24 heavy (non-hydrogen) atoms. The maximum atomic E-state index is 5.24. The van der Waals surface area contributed by atoms with Gasteiger partial charge in [0.15, 0.2) is 0 Å². The summed E-state index contributed by atoms with van der Waals surface area (Å²) in [7, 11) is 1.64. The second kappa shape index (κ2) is 6.40. The summed E-state index contributed by atoms with van der Waals surface area (Å²) >= 11 is 1.77. The van der Waals surface area contributed by atoms with Gasteiger partial charge >= 0.3 is 0 Å². The molecule has 5 heteroatoms. The van der Waals surface area contributed by atoms with Gasteiger partial charge in [0, 0.05) is 46.4 Å². The van der Waals surface area contributed by atoms with E-state index in [9.17, 15) is 0 Å². The number of benzene rings is 1. The Kier molecular flexibility index (Phi) is 4.10. The molecule has 1 saturated heterocycles. The maximum absolute atomic E-state index is 5.24. The molecule has 4 nitrogen and oxygen atoms in total. The van der Waals surface area contributed by atoms with Crippen molar-refractivity contribution in [1.29, 1.82) is 0 Å². The first-order chi connectivity index (χ1) is 11.8. The van der Waals surface area contributed by atoms with Crippen LogP contribution >= 0.6 is 11.8 Å². The van der Waals surface area contributed by atoms with Gasteiger partial charge in [-0.25, -0.2) is 0 Å². The molecular formula is C19H21N3OS. The number of H-pyrrole nitrogens is 1. The van der Waals surface area contributed by atoms with E-state index in [2.05, 4.69) is 51.5 Å². The van der Waals surface area contributed by atoms with Crippen molar-refractivity contribution in [2.75, 3.05) is 31.4 Å². The Bertz CT molecular complexity index is 868. The number of aromatic nitrogens is 2. The third-order valence-electron chi connectivity index (χ3n) is 4.60. The number of methoxy groups -OCH3 is 1. The Balaban J connectivity index is 1.84. The molecule has 0 amide bonds. The fraction of sp³-hybridized carbons (Fsp3) is 0.316. The van der Waals surface area contributed by atoms with Gasteiger partial charge in [-0.05, 0) is 49.4 Å². The zero-order valence-corrected chi connectivity index (χ0v) is 14.8. The molecule has 0 spiro atoms. The number of nitrogens with zero attached hydrogens (tertiary/aromatic N) is 2. The number of anilines is 1. The number of hydrogen-bond donors (Lipinski definition) is 1. The molecule has 1 aromatic carbocycles. The molecule has 1 aliphatic rings. The molecule has 1 fully saturated rings. The van der Waals surface area contributed by atoms with Crippen molar-refractivity contribution < 1.29 is 4.74 Å². The fourth-order valence-electron chi connectivity index (χ4n) is 3.34. The molecule has 0 atom stereocenters. The van der Waals surface area contributed by atoms with E-state index >= 15 is 0 Å². The highest BCUT2D eigenvalue weighted by Gasteiger charge is 2.18. The van der Waals surface area contributed by atoms with E-state index in [0.29, 0.717) is 5.88 Å². The predicted molar refractivity (Wildman–Crippen MR) is 101 cm³/mol. The van der Waals surface area contributed by atoms with Gasteiger partial charge in [-0.1, -0.05) is 0 Å². The number of fused-ring (bicyclic) bond motifs is 1. The second-order valence-corrected chi connectivity index (χ2v) is 6.93. The van der Waals surface area contributed by atoms with Crippen LogP contribution in [0.2, 0.25) is 0 Å². The van der Waals surface area contributed by atoms with Crippen molar-refractivity contribution in [3.8, 4) is 17.1 Å². The van der Waals surface area contributed by atoms with Crippen LogP contribution < -0.4 is 9.64 Å². The first-order valence-corrected chi connectivity index (χ1v) is 9.48. The molecule has 0 bridgehead atoms. The highest BCUT2D eigenvalue weighted by molar-refractivity contribution is 7.98. The van der Waals surface area contributed by atoms with Crippen LogP contribution in [-0.2, 0) is 0 Å². The van der Waals surface area contributed by atoms with Crippen LogP contribution in [0.1, 0.15) is 12.8 Å². The smallest absolute Gasteiger partial charge is 0.214 e. The standard InChI is InChI=1S/C19H21N3OS/c1-23-18-8-5-13-11-16(20-19(13)21-18)15-12-14(24-2)6-7-17(15)22-9-3-4-10-22/h5-8,11-12H,3-4,9-10H2,1-2H3,(H,20,21).